The first-order chi connectivity index (χ1) is 15.4. The van der Waals surface area contributed by atoms with Gasteiger partial charge in [-0.05, 0) is 26.0 Å². The van der Waals surface area contributed by atoms with E-state index < -0.39 is 0 Å². The molecular weight excluding hydrogens is 410 g/mol. The number of carbonyl (C=O) groups is 2. The molecule has 2 aliphatic heterocycles. The number of aromatic nitrogens is 2. The zero-order valence-electron chi connectivity index (χ0n) is 19.2. The lowest BCUT2D eigenvalue weighted by molar-refractivity contribution is -0.144. The molecule has 1 aromatic heterocycles. The summed E-state index contributed by atoms with van der Waals surface area (Å²) in [4.78, 5) is 30.8. The molecule has 2 amide bonds. The van der Waals surface area contributed by atoms with Gasteiger partial charge in [0.15, 0.2) is 0 Å². The fraction of sp³-hybridized carbons (Fsp3) is 0.522. The highest BCUT2D eigenvalue weighted by molar-refractivity contribution is 5.82. The minimum absolute atomic E-state index is 0.0172. The molecule has 1 unspecified atom stereocenters. The van der Waals surface area contributed by atoms with Gasteiger partial charge >= 0.3 is 0 Å². The van der Waals surface area contributed by atoms with Gasteiger partial charge in [0.05, 0.1) is 50.8 Å². The lowest BCUT2D eigenvalue weighted by Crippen LogP contribution is -2.53. The van der Waals surface area contributed by atoms with E-state index in [0.717, 1.165) is 28.4 Å². The van der Waals surface area contributed by atoms with Crippen LogP contribution in [0.1, 0.15) is 23.0 Å². The average molecular weight is 442 g/mol. The van der Waals surface area contributed by atoms with E-state index in [1.54, 1.807) is 19.1 Å². The quantitative estimate of drug-likeness (QED) is 0.693. The van der Waals surface area contributed by atoms with E-state index >= 15 is 0 Å². The maximum atomic E-state index is 13.3. The maximum absolute atomic E-state index is 13.3. The molecular formula is C23H31N5O4. The Morgan fingerprint density at radius 3 is 2.81 bits per heavy atom. The lowest BCUT2D eigenvalue weighted by atomic mass is 10.0. The van der Waals surface area contributed by atoms with Crippen LogP contribution < -0.4 is 4.74 Å². The van der Waals surface area contributed by atoms with Crippen molar-refractivity contribution in [3.8, 4) is 11.4 Å². The number of methoxy groups -OCH3 is 1. The Kier molecular flexibility index (Phi) is 6.48. The predicted molar refractivity (Wildman–Crippen MR) is 119 cm³/mol. The molecule has 0 N–H and O–H groups in total. The third kappa shape index (κ3) is 4.35. The van der Waals surface area contributed by atoms with Crippen LogP contribution >= 0.6 is 0 Å². The summed E-state index contributed by atoms with van der Waals surface area (Å²) in [6.45, 7) is 7.31. The highest BCUT2D eigenvalue weighted by atomic mass is 16.5. The number of hydrogen-bond acceptors (Lipinski definition) is 6. The second-order valence-corrected chi connectivity index (χ2v) is 8.40. The van der Waals surface area contributed by atoms with E-state index in [1.165, 1.54) is 0 Å². The Morgan fingerprint density at radius 2 is 2.06 bits per heavy atom. The maximum Gasteiger partial charge on any atom is 0.237 e. The van der Waals surface area contributed by atoms with Crippen LogP contribution in [0.2, 0.25) is 0 Å². The van der Waals surface area contributed by atoms with Crippen LogP contribution in [-0.2, 0) is 14.3 Å². The molecule has 172 valence electrons. The van der Waals surface area contributed by atoms with Crippen molar-refractivity contribution in [2.45, 2.75) is 19.9 Å². The molecule has 1 aromatic carbocycles. The van der Waals surface area contributed by atoms with Crippen LogP contribution in [0.25, 0.3) is 5.69 Å². The van der Waals surface area contributed by atoms with Gasteiger partial charge in [-0.25, -0.2) is 4.68 Å². The fourth-order valence-corrected chi connectivity index (χ4v) is 4.50. The van der Waals surface area contributed by atoms with E-state index in [0.29, 0.717) is 32.8 Å². The largest absolute Gasteiger partial charge is 0.497 e. The Labute approximate surface area is 188 Å². The average Bonchev–Trinajstić information content (AvgIpc) is 3.10. The van der Waals surface area contributed by atoms with Gasteiger partial charge in [-0.3, -0.25) is 14.5 Å². The molecule has 0 radical (unpaired) electrons. The SMILES string of the molecule is COc1cccc(-n2nc(C)c(C3COCCN3C(=O)CN3CCN(C)C(=O)C3)c2C)c1. The Morgan fingerprint density at radius 1 is 1.25 bits per heavy atom. The van der Waals surface area contributed by atoms with Crippen molar-refractivity contribution < 1.29 is 19.1 Å². The van der Waals surface area contributed by atoms with Crippen molar-refractivity contribution in [1.82, 2.24) is 24.5 Å². The van der Waals surface area contributed by atoms with Crippen LogP contribution in [0.5, 0.6) is 5.75 Å². The number of morpholine rings is 1. The van der Waals surface area contributed by atoms with Gasteiger partial charge < -0.3 is 19.3 Å². The number of likely N-dealkylation sites (N-methyl/N-ethyl adjacent to an activating group) is 1. The summed E-state index contributed by atoms with van der Waals surface area (Å²) in [5, 5.41) is 4.77. The van der Waals surface area contributed by atoms with Crippen LogP contribution in [0.3, 0.4) is 0 Å². The van der Waals surface area contributed by atoms with Gasteiger partial charge in [-0.15, -0.1) is 0 Å². The van der Waals surface area contributed by atoms with Gasteiger partial charge in [-0.1, -0.05) is 6.07 Å². The molecule has 0 bridgehead atoms. The number of ether oxygens (including phenoxy) is 2. The third-order valence-electron chi connectivity index (χ3n) is 6.32. The van der Waals surface area contributed by atoms with Crippen molar-refractivity contribution >= 4 is 11.8 Å². The zero-order chi connectivity index (χ0) is 22.8. The van der Waals surface area contributed by atoms with Crippen LogP contribution in [0.4, 0.5) is 0 Å². The number of benzene rings is 1. The molecule has 2 aromatic rings. The molecule has 1 atom stereocenters. The minimum atomic E-state index is -0.209. The van der Waals surface area contributed by atoms with Crippen molar-refractivity contribution in [2.75, 3.05) is 60.1 Å². The standard InChI is InChI=1S/C23H31N5O4/c1-16-23(17(2)28(24-16)18-6-5-7-19(12-18)31-4)20-15-32-11-10-27(20)22(30)14-26-9-8-25(3)21(29)13-26/h5-7,12,20H,8-11,13-15H2,1-4H3. The molecule has 32 heavy (non-hydrogen) atoms. The number of rotatable bonds is 5. The second kappa shape index (κ2) is 9.30. The van der Waals surface area contributed by atoms with Crippen LogP contribution in [-0.4, -0.2) is 96.4 Å². The Hall–Kier alpha value is -2.91. The summed E-state index contributed by atoms with van der Waals surface area (Å²) in [5.41, 5.74) is 3.75. The number of hydrogen-bond donors (Lipinski definition) is 0. The van der Waals surface area contributed by atoms with Gasteiger partial charge in [0, 0.05) is 44.0 Å². The normalized spacial score (nSPS) is 20.0. The van der Waals surface area contributed by atoms with Gasteiger partial charge in [0.25, 0.3) is 0 Å². The van der Waals surface area contributed by atoms with E-state index in [9.17, 15) is 9.59 Å². The highest BCUT2D eigenvalue weighted by Gasteiger charge is 2.34. The first kappa shape index (κ1) is 22.3. The summed E-state index contributed by atoms with van der Waals surface area (Å²) in [6, 6.07) is 7.54. The van der Waals surface area contributed by atoms with Crippen molar-refractivity contribution in [3.05, 3.63) is 41.2 Å². The molecule has 2 saturated heterocycles. The van der Waals surface area contributed by atoms with E-state index in [4.69, 9.17) is 14.6 Å². The first-order valence-electron chi connectivity index (χ1n) is 10.9. The third-order valence-corrected chi connectivity index (χ3v) is 6.32. The first-order valence-corrected chi connectivity index (χ1v) is 10.9. The zero-order valence-corrected chi connectivity index (χ0v) is 19.2. The Balaban J connectivity index is 1.58. The molecule has 2 fully saturated rings. The van der Waals surface area contributed by atoms with E-state index in [1.807, 2.05) is 52.6 Å². The molecule has 0 spiro atoms. The molecule has 9 nitrogen and oxygen atoms in total. The molecule has 9 heteroatoms. The van der Waals surface area contributed by atoms with E-state index in [-0.39, 0.29) is 30.9 Å². The molecule has 3 heterocycles. The Bertz CT molecular complexity index is 1000. The van der Waals surface area contributed by atoms with Gasteiger partial charge in [-0.2, -0.15) is 5.10 Å². The summed E-state index contributed by atoms with van der Waals surface area (Å²) in [5.74, 6) is 0.827. The molecule has 2 aliphatic rings. The number of nitrogens with zero attached hydrogens (tertiary/aromatic N) is 5. The van der Waals surface area contributed by atoms with Crippen LogP contribution in [0, 0.1) is 13.8 Å². The topological polar surface area (TPSA) is 80.1 Å². The van der Waals surface area contributed by atoms with Crippen LogP contribution in [0.15, 0.2) is 24.3 Å². The lowest BCUT2D eigenvalue weighted by Gasteiger charge is -2.38. The van der Waals surface area contributed by atoms with Crippen molar-refractivity contribution in [1.29, 1.82) is 0 Å². The highest BCUT2D eigenvalue weighted by Crippen LogP contribution is 2.31. The summed E-state index contributed by atoms with van der Waals surface area (Å²) < 4.78 is 13.0. The molecule has 0 aliphatic carbocycles. The van der Waals surface area contributed by atoms with Crippen molar-refractivity contribution in [2.24, 2.45) is 0 Å². The summed E-state index contributed by atoms with van der Waals surface area (Å²) in [6.07, 6.45) is 0. The van der Waals surface area contributed by atoms with Crippen molar-refractivity contribution in [3.63, 3.8) is 0 Å². The number of aryl methyl sites for hydroxylation is 1. The summed E-state index contributed by atoms with van der Waals surface area (Å²) in [7, 11) is 3.44. The summed E-state index contributed by atoms with van der Waals surface area (Å²) >= 11 is 0. The number of amides is 2. The second-order valence-electron chi connectivity index (χ2n) is 8.40. The monoisotopic (exact) mass is 441 g/mol. The fourth-order valence-electron chi connectivity index (χ4n) is 4.50. The van der Waals surface area contributed by atoms with Gasteiger partial charge in [0.1, 0.15) is 5.75 Å². The smallest absolute Gasteiger partial charge is 0.237 e. The molecule has 0 saturated carbocycles. The predicted octanol–water partition coefficient (Wildman–Crippen LogP) is 1.17. The number of carbonyl (C=O) groups excluding carboxylic acids is 2. The van der Waals surface area contributed by atoms with Gasteiger partial charge in [0.2, 0.25) is 11.8 Å². The molecule has 4 rings (SSSR count). The minimum Gasteiger partial charge on any atom is -0.497 e. The number of piperazine rings is 1. The van der Waals surface area contributed by atoms with E-state index in [2.05, 4.69) is 0 Å².